The number of amides is 4. The Morgan fingerprint density at radius 1 is 0.486 bits per heavy atom. The van der Waals surface area contributed by atoms with E-state index >= 15 is 0 Å². The number of para-hydroxylation sites is 3. The molecule has 0 bridgehead atoms. The molecule has 392 valence electrons. The number of nitrogens with zero attached hydrogens (tertiary/aromatic N) is 10. The molecule has 0 unspecified atom stereocenters. The Hall–Kier alpha value is -6.85. The Bertz CT molecular complexity index is 2700. The molecule has 0 atom stereocenters. The lowest BCUT2D eigenvalue weighted by molar-refractivity contribution is -0.137. The fourth-order valence-corrected chi connectivity index (χ4v) is 10.4. The Labute approximate surface area is 433 Å². The third kappa shape index (κ3) is 14.0. The molecule has 0 saturated carbocycles. The van der Waals surface area contributed by atoms with E-state index in [2.05, 4.69) is 112 Å². The van der Waals surface area contributed by atoms with Crippen molar-refractivity contribution in [3.63, 3.8) is 0 Å². The smallest absolute Gasteiger partial charge is 0.368 e. The van der Waals surface area contributed by atoms with Gasteiger partial charge in [-0.15, -0.1) is 0 Å². The monoisotopic (exact) mass is 1010 g/mol. The van der Waals surface area contributed by atoms with E-state index in [9.17, 15) is 22.8 Å². The van der Waals surface area contributed by atoms with Gasteiger partial charge in [-0.25, -0.2) is 14.6 Å². The maximum atomic E-state index is 13.1. The average molecular weight is 1010 g/mol. The van der Waals surface area contributed by atoms with Gasteiger partial charge in [-0.2, -0.15) is 13.2 Å². The van der Waals surface area contributed by atoms with Crippen LogP contribution in [0.3, 0.4) is 0 Å². The van der Waals surface area contributed by atoms with Crippen LogP contribution < -0.4 is 30.2 Å². The van der Waals surface area contributed by atoms with Crippen molar-refractivity contribution < 1.29 is 22.8 Å². The van der Waals surface area contributed by atoms with Gasteiger partial charge in [0.15, 0.2) is 0 Å². The summed E-state index contributed by atoms with van der Waals surface area (Å²) in [4.78, 5) is 52.2. The van der Waals surface area contributed by atoms with Gasteiger partial charge in [0.2, 0.25) is 0 Å². The topological polar surface area (TPSA) is 110 Å². The van der Waals surface area contributed by atoms with Crippen molar-refractivity contribution in [2.75, 3.05) is 150 Å². The van der Waals surface area contributed by atoms with Gasteiger partial charge < -0.3 is 40.0 Å². The first kappa shape index (κ1) is 52.0. The predicted octanol–water partition coefficient (Wildman–Crippen LogP) is 8.36. The Morgan fingerprint density at radius 3 is 1.53 bits per heavy atom. The van der Waals surface area contributed by atoms with Crippen molar-refractivity contribution in [3.05, 3.63) is 133 Å². The number of piperazine rings is 4. The number of benzene rings is 4. The summed E-state index contributed by atoms with van der Waals surface area (Å²) >= 11 is 0. The van der Waals surface area contributed by atoms with Crippen molar-refractivity contribution in [1.29, 1.82) is 0 Å². The molecule has 0 spiro atoms. The third-order valence-corrected chi connectivity index (χ3v) is 14.8. The lowest BCUT2D eigenvalue weighted by Gasteiger charge is -2.36. The zero-order valence-electron chi connectivity index (χ0n) is 42.5. The normalized spacial score (nSPS) is 17.1. The summed E-state index contributed by atoms with van der Waals surface area (Å²) in [6, 6.07) is 39.1. The molecule has 2 aromatic heterocycles. The molecule has 4 amide bonds. The molecule has 6 aromatic rings. The van der Waals surface area contributed by atoms with E-state index in [-0.39, 0.29) is 12.1 Å². The largest absolute Gasteiger partial charge is 0.416 e. The van der Waals surface area contributed by atoms with Crippen molar-refractivity contribution in [3.8, 4) is 0 Å². The van der Waals surface area contributed by atoms with Crippen LogP contribution in [0.25, 0.3) is 21.8 Å². The van der Waals surface area contributed by atoms with Crippen LogP contribution in [0.2, 0.25) is 0 Å². The fraction of sp³-hybridized carbons (Fsp3) is 0.439. The van der Waals surface area contributed by atoms with Crippen LogP contribution in [0.4, 0.5) is 45.6 Å². The van der Waals surface area contributed by atoms with E-state index < -0.39 is 11.7 Å². The summed E-state index contributed by atoms with van der Waals surface area (Å²) in [7, 11) is 0. The first-order chi connectivity index (χ1) is 36.1. The van der Waals surface area contributed by atoms with Crippen molar-refractivity contribution in [2.24, 2.45) is 0 Å². The Balaban J connectivity index is 0.000000183. The van der Waals surface area contributed by atoms with Crippen LogP contribution in [-0.2, 0) is 6.18 Å². The van der Waals surface area contributed by atoms with Gasteiger partial charge in [0.1, 0.15) is 5.82 Å². The van der Waals surface area contributed by atoms with Gasteiger partial charge in [-0.1, -0.05) is 60.7 Å². The second-order valence-corrected chi connectivity index (χ2v) is 19.6. The van der Waals surface area contributed by atoms with Gasteiger partial charge in [-0.3, -0.25) is 14.8 Å². The van der Waals surface area contributed by atoms with E-state index in [0.29, 0.717) is 12.1 Å². The van der Waals surface area contributed by atoms with Crippen LogP contribution in [0.5, 0.6) is 0 Å². The number of nitrogens with one attached hydrogen (secondary N) is 2. The minimum atomic E-state index is -4.38. The second-order valence-electron chi connectivity index (χ2n) is 19.6. The van der Waals surface area contributed by atoms with Crippen LogP contribution >= 0.6 is 0 Å². The molecule has 0 aliphatic carbocycles. The van der Waals surface area contributed by atoms with Crippen LogP contribution in [-0.4, -0.2) is 173 Å². The van der Waals surface area contributed by atoms with E-state index in [1.165, 1.54) is 22.8 Å². The van der Waals surface area contributed by atoms with E-state index in [1.54, 1.807) is 6.20 Å². The van der Waals surface area contributed by atoms with Gasteiger partial charge in [0.05, 0.1) is 16.6 Å². The predicted molar refractivity (Wildman–Crippen MR) is 292 cm³/mol. The number of rotatable bonds is 14. The molecule has 0 radical (unpaired) electrons. The number of hydrogen-bond acceptors (Lipinski definition) is 10. The Kier molecular flexibility index (Phi) is 17.9. The molecular weight excluding hydrogens is 942 g/mol. The highest BCUT2D eigenvalue weighted by Crippen LogP contribution is 2.34. The summed E-state index contributed by atoms with van der Waals surface area (Å²) in [5.41, 5.74) is 4.12. The maximum Gasteiger partial charge on any atom is 0.416 e. The summed E-state index contributed by atoms with van der Waals surface area (Å²) in [6.45, 7) is 17.5. The highest BCUT2D eigenvalue weighted by molar-refractivity contribution is 5.92. The van der Waals surface area contributed by atoms with E-state index in [1.807, 2.05) is 46.2 Å². The molecule has 17 heteroatoms. The molecule has 74 heavy (non-hydrogen) atoms. The quantitative estimate of drug-likeness (QED) is 0.103. The zero-order chi connectivity index (χ0) is 51.1. The number of unbranched alkanes of at least 4 members (excludes halogenated alkanes) is 2. The zero-order valence-corrected chi connectivity index (χ0v) is 42.5. The lowest BCUT2D eigenvalue weighted by Crippen LogP contribution is -2.52. The van der Waals surface area contributed by atoms with E-state index in [0.717, 1.165) is 185 Å². The molecule has 4 saturated heterocycles. The van der Waals surface area contributed by atoms with Crippen molar-refractivity contribution in [1.82, 2.24) is 40.2 Å². The van der Waals surface area contributed by atoms with Gasteiger partial charge >= 0.3 is 18.2 Å². The summed E-state index contributed by atoms with van der Waals surface area (Å²) in [6.07, 6.45) is 1.26. The molecule has 4 aromatic carbocycles. The van der Waals surface area contributed by atoms with Gasteiger partial charge in [0, 0.05) is 152 Å². The SMILES string of the molecule is O=C(NCCCCN1CCN(c2ccc3ccccc3n2)CC1)N1CCN(c2ccccc2)CC1.O=C(NCCCCN1CCN(c2ccnc3cc(C(F)(F)F)ccc23)CC1)N1CCN(c2ccccc2)CC1. The maximum absolute atomic E-state index is 13.1. The van der Waals surface area contributed by atoms with Crippen molar-refractivity contribution >= 4 is 56.7 Å². The van der Waals surface area contributed by atoms with Gasteiger partial charge in [-0.05, 0) is 99.4 Å². The second kappa shape index (κ2) is 25.4. The number of aromatic nitrogens is 2. The number of anilines is 4. The number of carbonyl (C=O) groups excluding carboxylic acids is 2. The van der Waals surface area contributed by atoms with Crippen LogP contribution in [0, 0.1) is 0 Å². The number of alkyl halides is 3. The van der Waals surface area contributed by atoms with Crippen molar-refractivity contribution in [2.45, 2.75) is 31.9 Å². The first-order valence-electron chi connectivity index (χ1n) is 26.6. The highest BCUT2D eigenvalue weighted by Gasteiger charge is 2.31. The molecule has 10 rings (SSSR count). The number of urea groups is 2. The average Bonchev–Trinajstić information content (AvgIpc) is 3.45. The Morgan fingerprint density at radius 2 is 0.986 bits per heavy atom. The van der Waals surface area contributed by atoms with Gasteiger partial charge in [0.25, 0.3) is 0 Å². The number of halogens is 3. The minimum absolute atomic E-state index is 0.0169. The molecule has 4 fully saturated rings. The standard InChI is InChI=1S/C29H35F3N6O.C28H36N6O/c30-29(31,32)23-8-9-25-26(22-23)33-12-10-27(25)37-16-14-35(15-17-37)13-5-4-11-34-28(39)38-20-18-36(19-21-38)24-6-2-1-3-7-24;35-28(34-22-20-32(21-23-34)25-9-2-1-3-10-25)29-14-6-7-15-31-16-18-33(19-17-31)27-13-12-24-8-4-5-11-26(24)30-27/h1-3,6-10,12,22H,4-5,11,13-21H2,(H,34,39);1-5,8-13H,6-7,14-23H2,(H,29,35). The first-order valence-corrected chi connectivity index (χ1v) is 26.6. The third-order valence-electron chi connectivity index (χ3n) is 14.8. The summed E-state index contributed by atoms with van der Waals surface area (Å²) < 4.78 is 39.3. The number of fused-ring (bicyclic) bond motifs is 2. The molecule has 2 N–H and O–H groups in total. The summed E-state index contributed by atoms with van der Waals surface area (Å²) in [5.74, 6) is 1.08. The summed E-state index contributed by atoms with van der Waals surface area (Å²) in [5, 5.41) is 8.13. The molecule has 4 aliphatic rings. The molecule has 14 nitrogen and oxygen atoms in total. The number of carbonyl (C=O) groups is 2. The minimum Gasteiger partial charge on any atom is -0.368 e. The molecule has 6 heterocycles. The fourth-order valence-electron chi connectivity index (χ4n) is 10.4. The van der Waals surface area contributed by atoms with E-state index in [4.69, 9.17) is 4.98 Å². The van der Waals surface area contributed by atoms with Crippen LogP contribution in [0.15, 0.2) is 128 Å². The molecular formula is C57H71F3N12O2. The molecule has 4 aliphatic heterocycles. The lowest BCUT2D eigenvalue weighted by atomic mass is 10.1. The van der Waals surface area contributed by atoms with Crippen LogP contribution in [0.1, 0.15) is 31.2 Å². The number of pyridine rings is 2. The highest BCUT2D eigenvalue weighted by atomic mass is 19.4. The number of hydrogen-bond donors (Lipinski definition) is 2.